The van der Waals surface area contributed by atoms with Crippen LogP contribution in [0.2, 0.25) is 0 Å². The van der Waals surface area contributed by atoms with Gasteiger partial charge in [-0.25, -0.2) is 0 Å². The van der Waals surface area contributed by atoms with Crippen LogP contribution in [0.3, 0.4) is 0 Å². The first-order valence-corrected chi connectivity index (χ1v) is 4.43. The van der Waals surface area contributed by atoms with Gasteiger partial charge < -0.3 is 4.74 Å². The molecule has 1 nitrogen and oxygen atoms in total. The van der Waals surface area contributed by atoms with Crippen molar-refractivity contribution in [3.8, 4) is 11.8 Å². The molecule has 0 aliphatic heterocycles. The third-order valence-corrected chi connectivity index (χ3v) is 1.81. The Morgan fingerprint density at radius 1 is 1.23 bits per heavy atom. The quantitative estimate of drug-likeness (QED) is 0.625. The number of hydrogen-bond donors (Lipinski definition) is 0. The van der Waals surface area contributed by atoms with Crippen molar-refractivity contribution in [2.24, 2.45) is 0 Å². The summed E-state index contributed by atoms with van der Waals surface area (Å²) >= 11 is 0. The highest BCUT2D eigenvalue weighted by Gasteiger charge is 1.87. The van der Waals surface area contributed by atoms with Crippen LogP contribution in [0.15, 0.2) is 24.3 Å². The average molecular weight is 174 g/mol. The summed E-state index contributed by atoms with van der Waals surface area (Å²) < 4.78 is 4.83. The van der Waals surface area contributed by atoms with E-state index < -0.39 is 0 Å². The average Bonchev–Trinajstić information content (AvgIpc) is 2.19. The zero-order chi connectivity index (χ0) is 9.52. The van der Waals surface area contributed by atoms with Crippen molar-refractivity contribution in [1.82, 2.24) is 0 Å². The molecule has 13 heavy (non-hydrogen) atoms. The molecule has 0 fully saturated rings. The van der Waals surface area contributed by atoms with Crippen LogP contribution in [0, 0.1) is 11.8 Å². The van der Waals surface area contributed by atoms with Crippen LogP contribution in [-0.2, 0) is 11.2 Å². The van der Waals surface area contributed by atoms with Gasteiger partial charge in [0.2, 0.25) is 0 Å². The van der Waals surface area contributed by atoms with Crippen LogP contribution >= 0.6 is 0 Å². The molecule has 0 aromatic heterocycles. The van der Waals surface area contributed by atoms with Gasteiger partial charge in [0, 0.05) is 12.7 Å². The molecule has 0 saturated carbocycles. The second-order valence-electron chi connectivity index (χ2n) is 2.79. The Morgan fingerprint density at radius 3 is 2.46 bits per heavy atom. The molecule has 0 amide bonds. The minimum atomic E-state index is 0.496. The molecule has 0 atom stereocenters. The molecule has 0 saturated heterocycles. The summed E-state index contributed by atoms with van der Waals surface area (Å²) in [4.78, 5) is 0. The second-order valence-corrected chi connectivity index (χ2v) is 2.79. The highest BCUT2D eigenvalue weighted by molar-refractivity contribution is 5.36. The van der Waals surface area contributed by atoms with Crippen molar-refractivity contribution in [3.63, 3.8) is 0 Å². The summed E-state index contributed by atoms with van der Waals surface area (Å²) in [5.41, 5.74) is 2.39. The van der Waals surface area contributed by atoms with Crippen molar-refractivity contribution >= 4 is 0 Å². The number of rotatable bonds is 2. The Hall–Kier alpha value is -1.26. The van der Waals surface area contributed by atoms with Gasteiger partial charge in [0.1, 0.15) is 6.61 Å². The van der Waals surface area contributed by atoms with E-state index in [0.29, 0.717) is 6.61 Å². The second kappa shape index (κ2) is 5.40. The monoisotopic (exact) mass is 174 g/mol. The molecular weight excluding hydrogens is 160 g/mol. The minimum absolute atomic E-state index is 0.496. The van der Waals surface area contributed by atoms with Gasteiger partial charge in [-0.1, -0.05) is 30.9 Å². The lowest BCUT2D eigenvalue weighted by Gasteiger charge is -1.94. The van der Waals surface area contributed by atoms with Gasteiger partial charge >= 0.3 is 0 Å². The first kappa shape index (κ1) is 9.83. The Morgan fingerprint density at radius 2 is 1.92 bits per heavy atom. The lowest BCUT2D eigenvalue weighted by Crippen LogP contribution is -1.83. The van der Waals surface area contributed by atoms with Crippen LogP contribution < -0.4 is 0 Å². The van der Waals surface area contributed by atoms with Gasteiger partial charge in [0.05, 0.1) is 0 Å². The molecule has 68 valence electrons. The zero-order valence-electron chi connectivity index (χ0n) is 8.13. The first-order valence-electron chi connectivity index (χ1n) is 4.43. The smallest absolute Gasteiger partial charge is 0.107 e. The molecule has 0 unspecified atom stereocenters. The number of methoxy groups -OCH3 is 1. The van der Waals surface area contributed by atoms with Gasteiger partial charge in [-0.15, -0.1) is 0 Å². The van der Waals surface area contributed by atoms with Gasteiger partial charge in [-0.3, -0.25) is 0 Å². The predicted molar refractivity (Wildman–Crippen MR) is 54.6 cm³/mol. The van der Waals surface area contributed by atoms with Crippen molar-refractivity contribution in [2.75, 3.05) is 13.7 Å². The largest absolute Gasteiger partial charge is 0.372 e. The van der Waals surface area contributed by atoms with E-state index in [2.05, 4.69) is 30.9 Å². The highest BCUT2D eigenvalue weighted by Crippen LogP contribution is 2.03. The Bertz CT molecular complexity index is 300. The maximum Gasteiger partial charge on any atom is 0.107 e. The molecule has 1 rings (SSSR count). The van der Waals surface area contributed by atoms with E-state index in [9.17, 15) is 0 Å². The molecule has 0 aliphatic carbocycles. The number of benzene rings is 1. The SMILES string of the molecule is CCc1ccc(C#CCOC)cc1. The van der Waals surface area contributed by atoms with Crippen molar-refractivity contribution in [2.45, 2.75) is 13.3 Å². The van der Waals surface area contributed by atoms with E-state index in [1.165, 1.54) is 5.56 Å². The summed E-state index contributed by atoms with van der Waals surface area (Å²) in [5, 5.41) is 0. The minimum Gasteiger partial charge on any atom is -0.372 e. The molecule has 0 heterocycles. The summed E-state index contributed by atoms with van der Waals surface area (Å²) in [7, 11) is 1.65. The number of aryl methyl sites for hydroxylation is 1. The normalized spacial score (nSPS) is 9.08. The van der Waals surface area contributed by atoms with Gasteiger partial charge in [-0.05, 0) is 24.1 Å². The van der Waals surface area contributed by atoms with Crippen LogP contribution in [0.5, 0.6) is 0 Å². The maximum atomic E-state index is 4.83. The fraction of sp³-hybridized carbons (Fsp3) is 0.333. The molecule has 0 radical (unpaired) electrons. The van der Waals surface area contributed by atoms with Crippen LogP contribution in [0.25, 0.3) is 0 Å². The van der Waals surface area contributed by atoms with E-state index >= 15 is 0 Å². The van der Waals surface area contributed by atoms with Crippen LogP contribution in [0.4, 0.5) is 0 Å². The van der Waals surface area contributed by atoms with E-state index in [0.717, 1.165) is 12.0 Å². The standard InChI is InChI=1S/C12H14O/c1-3-11-6-8-12(9-7-11)5-4-10-13-2/h6-9H,3,10H2,1-2H3. The molecule has 0 spiro atoms. The summed E-state index contributed by atoms with van der Waals surface area (Å²) in [6.45, 7) is 2.64. The van der Waals surface area contributed by atoms with E-state index in [-0.39, 0.29) is 0 Å². The fourth-order valence-corrected chi connectivity index (χ4v) is 1.03. The van der Waals surface area contributed by atoms with E-state index in [4.69, 9.17) is 4.74 Å². The molecule has 1 aromatic rings. The molecule has 1 heteroatoms. The number of hydrogen-bond acceptors (Lipinski definition) is 1. The Labute approximate surface area is 79.7 Å². The summed E-state index contributed by atoms with van der Waals surface area (Å²) in [6.07, 6.45) is 1.08. The third kappa shape index (κ3) is 3.31. The Kier molecular flexibility index (Phi) is 4.08. The lowest BCUT2D eigenvalue weighted by atomic mass is 10.1. The van der Waals surface area contributed by atoms with Crippen molar-refractivity contribution < 1.29 is 4.74 Å². The molecule has 0 aliphatic rings. The first-order chi connectivity index (χ1) is 6.36. The third-order valence-electron chi connectivity index (χ3n) is 1.81. The van der Waals surface area contributed by atoms with Gasteiger partial charge in [0.25, 0.3) is 0 Å². The lowest BCUT2D eigenvalue weighted by molar-refractivity contribution is 0.240. The van der Waals surface area contributed by atoms with Gasteiger partial charge in [-0.2, -0.15) is 0 Å². The van der Waals surface area contributed by atoms with E-state index in [1.54, 1.807) is 7.11 Å². The van der Waals surface area contributed by atoms with Crippen molar-refractivity contribution in [1.29, 1.82) is 0 Å². The molecule has 0 N–H and O–H groups in total. The fourth-order valence-electron chi connectivity index (χ4n) is 1.03. The van der Waals surface area contributed by atoms with Crippen molar-refractivity contribution in [3.05, 3.63) is 35.4 Å². The molecular formula is C12H14O. The molecule has 0 bridgehead atoms. The zero-order valence-corrected chi connectivity index (χ0v) is 8.13. The summed E-state index contributed by atoms with van der Waals surface area (Å²) in [6, 6.07) is 8.30. The number of ether oxygens (including phenoxy) is 1. The highest BCUT2D eigenvalue weighted by atomic mass is 16.5. The predicted octanol–water partition coefficient (Wildman–Crippen LogP) is 2.25. The van der Waals surface area contributed by atoms with Gasteiger partial charge in [0.15, 0.2) is 0 Å². The van der Waals surface area contributed by atoms with E-state index in [1.807, 2.05) is 12.1 Å². The van der Waals surface area contributed by atoms with Crippen LogP contribution in [-0.4, -0.2) is 13.7 Å². The summed E-state index contributed by atoms with van der Waals surface area (Å²) in [5.74, 6) is 5.94. The van der Waals surface area contributed by atoms with Crippen LogP contribution in [0.1, 0.15) is 18.1 Å². The topological polar surface area (TPSA) is 9.23 Å². The molecule has 1 aromatic carbocycles. The Balaban J connectivity index is 2.65. The maximum absolute atomic E-state index is 4.83.